The number of para-hydroxylation sites is 1. The van der Waals surface area contributed by atoms with Crippen LogP contribution < -0.4 is 10.1 Å². The zero-order valence-corrected chi connectivity index (χ0v) is 22.2. The summed E-state index contributed by atoms with van der Waals surface area (Å²) in [6.45, 7) is 6.93. The molecular weight excluding hydrogens is 468 g/mol. The lowest BCUT2D eigenvalue weighted by Gasteiger charge is -2.22. The van der Waals surface area contributed by atoms with Gasteiger partial charge in [-0.05, 0) is 105 Å². The van der Waals surface area contributed by atoms with Gasteiger partial charge in [0.05, 0.1) is 18.3 Å². The third kappa shape index (κ3) is 5.94. The summed E-state index contributed by atoms with van der Waals surface area (Å²) >= 11 is 6.74. The van der Waals surface area contributed by atoms with Gasteiger partial charge in [-0.2, -0.15) is 0 Å². The van der Waals surface area contributed by atoms with Gasteiger partial charge in [-0.3, -0.25) is 4.98 Å². The molecule has 2 fully saturated rings. The molecule has 0 saturated heterocycles. The summed E-state index contributed by atoms with van der Waals surface area (Å²) in [5, 5.41) is 4.19. The fourth-order valence-corrected chi connectivity index (χ4v) is 5.12. The molecule has 0 spiro atoms. The number of pyridine rings is 1. The Balaban J connectivity index is 1.30. The number of benzene rings is 2. The highest BCUT2D eigenvalue weighted by atomic mass is 35.5. The normalized spacial score (nSPS) is 16.2. The molecule has 2 aromatic carbocycles. The Morgan fingerprint density at radius 1 is 1.06 bits per heavy atom. The van der Waals surface area contributed by atoms with E-state index in [1.165, 1.54) is 24.0 Å². The highest BCUT2D eigenvalue weighted by Crippen LogP contribution is 2.53. The van der Waals surface area contributed by atoms with Gasteiger partial charge in [-0.25, -0.2) is 0 Å². The summed E-state index contributed by atoms with van der Waals surface area (Å²) in [4.78, 5) is 4.47. The average molecular weight is 505 g/mol. The molecule has 0 unspecified atom stereocenters. The van der Waals surface area contributed by atoms with Crippen molar-refractivity contribution in [3.05, 3.63) is 82.1 Å². The number of hydrogen-bond donors (Lipinski definition) is 1. The van der Waals surface area contributed by atoms with Crippen molar-refractivity contribution in [3.63, 3.8) is 0 Å². The van der Waals surface area contributed by atoms with E-state index in [-0.39, 0.29) is 5.60 Å². The number of unbranched alkanes of at least 4 members (excludes halogenated alkanes) is 1. The van der Waals surface area contributed by atoms with Crippen LogP contribution in [-0.2, 0) is 23.4 Å². The minimum absolute atomic E-state index is 0.321. The molecule has 36 heavy (non-hydrogen) atoms. The van der Waals surface area contributed by atoms with E-state index in [0.29, 0.717) is 12.7 Å². The van der Waals surface area contributed by atoms with Crippen molar-refractivity contribution >= 4 is 11.6 Å². The van der Waals surface area contributed by atoms with Crippen LogP contribution in [0.2, 0.25) is 5.02 Å². The second kappa shape index (κ2) is 11.3. The molecule has 0 aliphatic heterocycles. The summed E-state index contributed by atoms with van der Waals surface area (Å²) in [6.07, 6.45) is 11.8. The summed E-state index contributed by atoms with van der Waals surface area (Å²) in [5.41, 5.74) is 6.76. The summed E-state index contributed by atoms with van der Waals surface area (Å²) < 4.78 is 12.9. The molecule has 0 radical (unpaired) electrons. The van der Waals surface area contributed by atoms with Gasteiger partial charge in [-0.1, -0.05) is 42.8 Å². The van der Waals surface area contributed by atoms with Crippen LogP contribution in [-0.4, -0.2) is 24.2 Å². The molecule has 0 amide bonds. The molecule has 0 bridgehead atoms. The molecule has 5 rings (SSSR count). The molecule has 4 nitrogen and oxygen atoms in total. The Morgan fingerprint density at radius 3 is 2.67 bits per heavy atom. The predicted octanol–water partition coefficient (Wildman–Crippen LogP) is 7.39. The first kappa shape index (κ1) is 25.3. The molecule has 1 heterocycles. The van der Waals surface area contributed by atoms with E-state index < -0.39 is 0 Å². The number of rotatable bonds is 13. The molecule has 1 N–H and O–H groups in total. The molecule has 3 aromatic rings. The van der Waals surface area contributed by atoms with Crippen molar-refractivity contribution in [1.82, 2.24) is 10.3 Å². The Bertz CT molecular complexity index is 1190. The van der Waals surface area contributed by atoms with Crippen molar-refractivity contribution in [2.24, 2.45) is 0 Å². The third-order valence-corrected chi connectivity index (χ3v) is 7.67. The highest BCUT2D eigenvalue weighted by Gasteiger charge is 2.47. The van der Waals surface area contributed by atoms with Crippen molar-refractivity contribution in [2.45, 2.75) is 77.1 Å². The van der Waals surface area contributed by atoms with Crippen LogP contribution in [0, 0.1) is 6.92 Å². The van der Waals surface area contributed by atoms with E-state index in [9.17, 15) is 0 Å². The molecule has 1 aromatic heterocycles. The molecule has 2 saturated carbocycles. The Morgan fingerprint density at radius 2 is 1.89 bits per heavy atom. The van der Waals surface area contributed by atoms with Gasteiger partial charge >= 0.3 is 0 Å². The average Bonchev–Trinajstić information content (AvgIpc) is 3.82. The standard InChI is InChI=1S/C31H37ClN2O2/c1-3-33-16-7-6-8-23-19-29(32)24(18-22(23)2)21-35-31(14-15-31)28-20-34-17-13-26(28)27-9-4-5-10-30(27)36-25-11-12-25/h4-5,9-10,13,17-20,25,33H,3,6-8,11-12,14-16,21H2,1-2H3. The summed E-state index contributed by atoms with van der Waals surface area (Å²) in [6, 6.07) is 14.8. The van der Waals surface area contributed by atoms with E-state index >= 15 is 0 Å². The van der Waals surface area contributed by atoms with E-state index in [1.807, 2.05) is 18.5 Å². The largest absolute Gasteiger partial charge is 0.490 e. The second-order valence-corrected chi connectivity index (χ2v) is 10.6. The predicted molar refractivity (Wildman–Crippen MR) is 147 cm³/mol. The van der Waals surface area contributed by atoms with Gasteiger partial charge in [0.1, 0.15) is 5.75 Å². The molecule has 190 valence electrons. The van der Waals surface area contributed by atoms with Gasteiger partial charge in [0, 0.05) is 28.5 Å². The number of ether oxygens (including phenoxy) is 2. The number of hydrogen-bond acceptors (Lipinski definition) is 4. The van der Waals surface area contributed by atoms with Crippen LogP contribution >= 0.6 is 11.6 Å². The minimum atomic E-state index is -0.321. The molecule has 2 aliphatic rings. The zero-order valence-electron chi connectivity index (χ0n) is 21.5. The van der Waals surface area contributed by atoms with Crippen molar-refractivity contribution in [2.75, 3.05) is 13.1 Å². The fourth-order valence-electron chi connectivity index (χ4n) is 4.88. The first-order valence-corrected chi connectivity index (χ1v) is 13.8. The van der Waals surface area contributed by atoms with Crippen LogP contribution in [0.4, 0.5) is 0 Å². The zero-order chi connectivity index (χ0) is 25.0. The lowest BCUT2D eigenvalue weighted by atomic mass is 9.96. The minimum Gasteiger partial charge on any atom is -0.490 e. The lowest BCUT2D eigenvalue weighted by Crippen LogP contribution is -2.14. The molecule has 2 aliphatic carbocycles. The SMILES string of the molecule is CCNCCCCc1cc(Cl)c(COC2(c3cnccc3-c3ccccc3OC3CC3)CC2)cc1C. The molecule has 0 atom stereocenters. The Kier molecular flexibility index (Phi) is 7.95. The second-order valence-electron chi connectivity index (χ2n) is 10.2. The van der Waals surface area contributed by atoms with E-state index in [4.69, 9.17) is 21.1 Å². The maximum absolute atomic E-state index is 6.74. The van der Waals surface area contributed by atoms with Crippen LogP contribution in [0.15, 0.2) is 54.9 Å². The van der Waals surface area contributed by atoms with Crippen LogP contribution in [0.1, 0.15) is 67.7 Å². The first-order valence-electron chi connectivity index (χ1n) is 13.4. The monoisotopic (exact) mass is 504 g/mol. The van der Waals surface area contributed by atoms with Crippen molar-refractivity contribution in [3.8, 4) is 16.9 Å². The van der Waals surface area contributed by atoms with Gasteiger partial charge < -0.3 is 14.8 Å². The van der Waals surface area contributed by atoms with Gasteiger partial charge in [0.2, 0.25) is 0 Å². The van der Waals surface area contributed by atoms with E-state index in [2.05, 4.69) is 60.5 Å². The van der Waals surface area contributed by atoms with E-state index in [1.54, 1.807) is 0 Å². The summed E-state index contributed by atoms with van der Waals surface area (Å²) in [5.74, 6) is 0.947. The maximum Gasteiger partial charge on any atom is 0.127 e. The van der Waals surface area contributed by atoms with Crippen molar-refractivity contribution in [1.29, 1.82) is 0 Å². The molecule has 5 heteroatoms. The van der Waals surface area contributed by atoms with Gasteiger partial charge in [0.15, 0.2) is 0 Å². The van der Waals surface area contributed by atoms with Crippen LogP contribution in [0.5, 0.6) is 5.75 Å². The van der Waals surface area contributed by atoms with Crippen LogP contribution in [0.3, 0.4) is 0 Å². The fraction of sp³-hybridized carbons (Fsp3) is 0.452. The van der Waals surface area contributed by atoms with Gasteiger partial charge in [-0.15, -0.1) is 0 Å². The molecular formula is C31H37ClN2O2. The maximum atomic E-state index is 6.74. The Labute approximate surface area is 220 Å². The topological polar surface area (TPSA) is 43.4 Å². The number of halogens is 1. The smallest absolute Gasteiger partial charge is 0.127 e. The number of nitrogens with one attached hydrogen (secondary N) is 1. The highest BCUT2D eigenvalue weighted by molar-refractivity contribution is 6.31. The number of nitrogens with zero attached hydrogens (tertiary/aromatic N) is 1. The first-order chi connectivity index (χ1) is 17.6. The number of aryl methyl sites for hydroxylation is 2. The summed E-state index contributed by atoms with van der Waals surface area (Å²) in [7, 11) is 0. The lowest BCUT2D eigenvalue weighted by molar-refractivity contribution is 0.0173. The Hall–Kier alpha value is -2.40. The van der Waals surface area contributed by atoms with Crippen molar-refractivity contribution < 1.29 is 9.47 Å². The quantitative estimate of drug-likeness (QED) is 0.246. The number of aromatic nitrogens is 1. The van der Waals surface area contributed by atoms with Gasteiger partial charge in [0.25, 0.3) is 0 Å². The van der Waals surface area contributed by atoms with E-state index in [0.717, 1.165) is 78.2 Å². The third-order valence-electron chi connectivity index (χ3n) is 7.32. The van der Waals surface area contributed by atoms with Crippen LogP contribution in [0.25, 0.3) is 11.1 Å².